The smallest absolute Gasteiger partial charge is 0.106 e. The van der Waals surface area contributed by atoms with Gasteiger partial charge in [-0.2, -0.15) is 0 Å². The Labute approximate surface area is 305 Å². The van der Waals surface area contributed by atoms with Crippen LogP contribution in [-0.2, 0) is 18.3 Å². The summed E-state index contributed by atoms with van der Waals surface area (Å²) in [6.45, 7) is 20.1. The van der Waals surface area contributed by atoms with Crippen LogP contribution in [0.4, 0.5) is 0 Å². The molecule has 2 aliphatic carbocycles. The molecule has 0 N–H and O–H groups in total. The fraction of sp³-hybridized carbons (Fsp3) is 0.489. The lowest BCUT2D eigenvalue weighted by molar-refractivity contribution is 0.443. The largest absolute Gasteiger partial charge is 0.469 e. The number of aryl methyl sites for hydroxylation is 2. The number of thiophene rings is 1. The Morgan fingerprint density at radius 1 is 0.653 bits per heavy atom. The first kappa shape index (κ1) is 42.1. The third-order valence-corrected chi connectivity index (χ3v) is 10.8. The molecule has 268 valence electrons. The average molecular weight is 681 g/mol. The van der Waals surface area contributed by atoms with Crippen molar-refractivity contribution >= 4 is 22.1 Å². The van der Waals surface area contributed by atoms with Gasteiger partial charge in [0, 0.05) is 10.8 Å². The Balaban J connectivity index is 0.000000234. The van der Waals surface area contributed by atoms with Crippen molar-refractivity contribution in [1.82, 2.24) is 0 Å². The summed E-state index contributed by atoms with van der Waals surface area (Å²) >= 11 is 1.83. The Bertz CT molecular complexity index is 1540. The lowest BCUT2D eigenvalue weighted by Crippen LogP contribution is -2.11. The van der Waals surface area contributed by atoms with Crippen LogP contribution >= 0.6 is 11.3 Å². The van der Waals surface area contributed by atoms with Crippen LogP contribution in [0.3, 0.4) is 0 Å². The second kappa shape index (κ2) is 19.9. The second-order valence-electron chi connectivity index (χ2n) is 15.4. The molecule has 0 spiro atoms. The zero-order valence-corrected chi connectivity index (χ0v) is 31.6. The quantitative estimate of drug-likeness (QED) is 0.184. The third-order valence-electron chi connectivity index (χ3n) is 9.59. The van der Waals surface area contributed by atoms with Gasteiger partial charge in [0.25, 0.3) is 0 Å². The summed E-state index contributed by atoms with van der Waals surface area (Å²) in [5.41, 5.74) is 7.83. The van der Waals surface area contributed by atoms with Crippen molar-refractivity contribution in [3.63, 3.8) is 0 Å². The van der Waals surface area contributed by atoms with Crippen LogP contribution < -0.4 is 0 Å². The molecule has 2 heteroatoms. The maximum absolute atomic E-state index is 5.09. The van der Waals surface area contributed by atoms with Gasteiger partial charge in [0.05, 0.1) is 6.26 Å². The maximum atomic E-state index is 5.09. The van der Waals surface area contributed by atoms with Gasteiger partial charge in [-0.05, 0) is 111 Å². The van der Waals surface area contributed by atoms with E-state index in [1.807, 2.05) is 23.5 Å². The number of hydrogen-bond donors (Lipinski definition) is 0. The molecule has 5 aromatic rings. The SMILES string of the molecule is C.C.CC(C)(C)c1ccc2c3c(cccc13)CC2.CC(C)c1ccc(C2CCCCC2)cc1.CC(C)c1ccco1.CC(C)c1cccs1. The van der Waals surface area contributed by atoms with E-state index < -0.39 is 0 Å². The molecule has 2 heterocycles. The molecule has 0 bridgehead atoms. The lowest BCUT2D eigenvalue weighted by atomic mass is 9.83. The van der Waals surface area contributed by atoms with Gasteiger partial charge in [-0.15, -0.1) is 11.3 Å². The van der Waals surface area contributed by atoms with E-state index in [1.165, 1.54) is 71.7 Å². The minimum absolute atomic E-state index is 0. The molecule has 2 aromatic heterocycles. The zero-order chi connectivity index (χ0) is 34.0. The van der Waals surface area contributed by atoms with Crippen LogP contribution in [0.5, 0.6) is 0 Å². The highest BCUT2D eigenvalue weighted by molar-refractivity contribution is 7.10. The molecule has 0 unspecified atom stereocenters. The molecule has 0 amide bonds. The number of furan rings is 1. The van der Waals surface area contributed by atoms with Gasteiger partial charge in [-0.1, -0.05) is 157 Å². The number of rotatable bonds is 4. The lowest BCUT2D eigenvalue weighted by Gasteiger charge is -2.22. The van der Waals surface area contributed by atoms with E-state index in [2.05, 4.69) is 134 Å². The summed E-state index contributed by atoms with van der Waals surface area (Å²) in [5.74, 6) is 3.79. The van der Waals surface area contributed by atoms with Crippen LogP contribution in [0.2, 0.25) is 0 Å². The Hall–Kier alpha value is -3.10. The highest BCUT2D eigenvalue weighted by Crippen LogP contribution is 2.37. The Morgan fingerprint density at radius 2 is 1.31 bits per heavy atom. The van der Waals surface area contributed by atoms with E-state index in [0.717, 1.165) is 11.7 Å². The summed E-state index contributed by atoms with van der Waals surface area (Å²) in [6.07, 6.45) is 11.3. The minimum Gasteiger partial charge on any atom is -0.469 e. The first-order valence-corrected chi connectivity index (χ1v) is 19.0. The normalized spacial score (nSPS) is 13.8. The van der Waals surface area contributed by atoms with Gasteiger partial charge in [0.1, 0.15) is 5.76 Å². The summed E-state index contributed by atoms with van der Waals surface area (Å²) in [7, 11) is 0. The van der Waals surface area contributed by atoms with Crippen molar-refractivity contribution in [1.29, 1.82) is 0 Å². The molecular formula is C47H68OS. The second-order valence-corrected chi connectivity index (χ2v) is 16.3. The van der Waals surface area contributed by atoms with Crippen molar-refractivity contribution in [2.45, 2.75) is 151 Å². The monoisotopic (exact) mass is 680 g/mol. The number of hydrogen-bond acceptors (Lipinski definition) is 2. The van der Waals surface area contributed by atoms with E-state index >= 15 is 0 Å². The maximum Gasteiger partial charge on any atom is 0.106 e. The minimum atomic E-state index is 0. The topological polar surface area (TPSA) is 13.1 Å². The molecule has 49 heavy (non-hydrogen) atoms. The van der Waals surface area contributed by atoms with E-state index in [1.54, 1.807) is 23.0 Å². The van der Waals surface area contributed by atoms with E-state index in [0.29, 0.717) is 17.8 Å². The van der Waals surface area contributed by atoms with E-state index in [-0.39, 0.29) is 20.3 Å². The average Bonchev–Trinajstić information content (AvgIpc) is 3.86. The van der Waals surface area contributed by atoms with Crippen molar-refractivity contribution in [2.75, 3.05) is 0 Å². The van der Waals surface area contributed by atoms with Crippen molar-refractivity contribution in [2.24, 2.45) is 0 Å². The summed E-state index contributed by atoms with van der Waals surface area (Å²) in [4.78, 5) is 1.48. The molecule has 0 radical (unpaired) electrons. The predicted molar refractivity (Wildman–Crippen MR) is 221 cm³/mol. The molecule has 0 aliphatic heterocycles. The first-order chi connectivity index (χ1) is 22.5. The molecule has 0 atom stereocenters. The molecule has 3 aromatic carbocycles. The van der Waals surface area contributed by atoms with Crippen molar-refractivity contribution < 1.29 is 4.42 Å². The van der Waals surface area contributed by atoms with E-state index in [9.17, 15) is 0 Å². The molecular weight excluding hydrogens is 613 g/mol. The summed E-state index contributed by atoms with van der Waals surface area (Å²) in [6, 6.07) is 28.9. The highest BCUT2D eigenvalue weighted by atomic mass is 32.1. The standard InChI is InChI=1S/C16H18.C15H22.C7H10O.C7H10S.2CH4/c1-16(2,3)14-10-9-12-8-7-11-5-4-6-13(14)15(11)12;1-12(2)13-8-10-15(11-9-13)14-6-4-3-5-7-14;2*1-6(2)7-4-3-5-8-7;;/h4-6,9-10H,7-8H2,1-3H3;8-12,14H,3-7H2,1-2H3;2*3-6H,1-2H3;2*1H4. The molecule has 1 saturated carbocycles. The van der Waals surface area contributed by atoms with Crippen molar-refractivity contribution in [3.8, 4) is 0 Å². The van der Waals surface area contributed by atoms with Crippen LogP contribution in [0.15, 0.2) is 94.9 Å². The van der Waals surface area contributed by atoms with E-state index in [4.69, 9.17) is 4.42 Å². The zero-order valence-electron chi connectivity index (χ0n) is 30.7. The molecule has 7 rings (SSSR count). The number of benzene rings is 3. The Morgan fingerprint density at radius 3 is 1.78 bits per heavy atom. The van der Waals surface area contributed by atoms with Gasteiger partial charge >= 0.3 is 0 Å². The van der Waals surface area contributed by atoms with Crippen molar-refractivity contribution in [3.05, 3.63) is 129 Å². The van der Waals surface area contributed by atoms with Crippen LogP contribution in [0, 0.1) is 0 Å². The molecule has 2 aliphatic rings. The van der Waals surface area contributed by atoms with Gasteiger partial charge in [-0.3, -0.25) is 0 Å². The van der Waals surface area contributed by atoms with Gasteiger partial charge < -0.3 is 4.42 Å². The van der Waals surface area contributed by atoms with Crippen LogP contribution in [-0.4, -0.2) is 0 Å². The molecule has 1 fully saturated rings. The van der Waals surface area contributed by atoms with Gasteiger partial charge in [0.2, 0.25) is 0 Å². The third kappa shape index (κ3) is 12.0. The molecule has 0 saturated heterocycles. The first-order valence-electron chi connectivity index (χ1n) is 18.2. The fourth-order valence-corrected chi connectivity index (χ4v) is 7.47. The highest BCUT2D eigenvalue weighted by Gasteiger charge is 2.21. The predicted octanol–water partition coefficient (Wildman–Crippen LogP) is 15.6. The summed E-state index contributed by atoms with van der Waals surface area (Å²) < 4.78 is 5.09. The van der Waals surface area contributed by atoms with Crippen LogP contribution in [0.25, 0.3) is 10.8 Å². The Kier molecular flexibility index (Phi) is 17.1. The van der Waals surface area contributed by atoms with Gasteiger partial charge in [0.15, 0.2) is 0 Å². The molecule has 1 nitrogen and oxygen atoms in total. The van der Waals surface area contributed by atoms with Crippen LogP contribution in [0.1, 0.15) is 171 Å². The fourth-order valence-electron chi connectivity index (χ4n) is 6.73. The van der Waals surface area contributed by atoms with Gasteiger partial charge in [-0.25, -0.2) is 0 Å². The summed E-state index contributed by atoms with van der Waals surface area (Å²) in [5, 5.41) is 5.13.